The fourth-order valence-corrected chi connectivity index (χ4v) is 2.73. The first kappa shape index (κ1) is 13.3. The minimum absolute atomic E-state index is 0.129. The number of aromatic nitrogens is 1. The number of nitrogens with zero attached hydrogens (tertiary/aromatic N) is 2. The Kier molecular flexibility index (Phi) is 3.33. The molecule has 0 aliphatic carbocycles. The summed E-state index contributed by atoms with van der Waals surface area (Å²) in [6.07, 6.45) is -3.54. The smallest absolute Gasteiger partial charge is 0.406 e. The van der Waals surface area contributed by atoms with Crippen LogP contribution in [0.5, 0.6) is 0 Å². The standard InChI is InChI=1S/C10H11F3N2O2S/c11-10(12,13)9(8(16)17)1-2-15(5-9)4-7-3-14-6-18-7/h3,6H,1-2,4-5H2,(H,16,17). The molecular weight excluding hydrogens is 269 g/mol. The SMILES string of the molecule is O=C(O)C1(C(F)(F)F)CCN(Cc2cncs2)C1. The second-order valence-corrected chi connectivity index (χ2v) is 5.28. The molecule has 0 spiro atoms. The molecule has 0 bridgehead atoms. The van der Waals surface area contributed by atoms with Gasteiger partial charge in [-0.15, -0.1) is 11.3 Å². The summed E-state index contributed by atoms with van der Waals surface area (Å²) in [4.78, 5) is 17.1. The highest BCUT2D eigenvalue weighted by atomic mass is 32.1. The van der Waals surface area contributed by atoms with Crippen LogP contribution in [-0.4, -0.2) is 40.2 Å². The molecule has 4 nitrogen and oxygen atoms in total. The Morgan fingerprint density at radius 3 is 2.78 bits per heavy atom. The van der Waals surface area contributed by atoms with Crippen molar-refractivity contribution < 1.29 is 23.1 Å². The lowest BCUT2D eigenvalue weighted by molar-refractivity contribution is -0.227. The predicted octanol–water partition coefficient (Wildman–Crippen LogP) is 1.98. The highest BCUT2D eigenvalue weighted by Crippen LogP contribution is 2.46. The average molecular weight is 280 g/mol. The van der Waals surface area contributed by atoms with E-state index in [1.807, 2.05) is 0 Å². The van der Waals surface area contributed by atoms with Gasteiger partial charge in [-0.05, 0) is 6.42 Å². The zero-order valence-corrected chi connectivity index (χ0v) is 10.1. The zero-order chi connectivity index (χ0) is 13.4. The largest absolute Gasteiger partial charge is 0.481 e. The van der Waals surface area contributed by atoms with Crippen LogP contribution in [0.15, 0.2) is 11.7 Å². The molecule has 1 saturated heterocycles. The van der Waals surface area contributed by atoms with Gasteiger partial charge in [-0.25, -0.2) is 0 Å². The molecule has 1 aromatic rings. The lowest BCUT2D eigenvalue weighted by atomic mass is 9.86. The Morgan fingerprint density at radius 2 is 2.33 bits per heavy atom. The number of hydrogen-bond acceptors (Lipinski definition) is 4. The fraction of sp³-hybridized carbons (Fsp3) is 0.600. The van der Waals surface area contributed by atoms with Gasteiger partial charge in [-0.2, -0.15) is 13.2 Å². The third kappa shape index (κ3) is 2.22. The van der Waals surface area contributed by atoms with Crippen molar-refractivity contribution in [2.75, 3.05) is 13.1 Å². The van der Waals surface area contributed by atoms with E-state index in [0.29, 0.717) is 6.54 Å². The minimum atomic E-state index is -4.72. The Hall–Kier alpha value is -1.15. The van der Waals surface area contributed by atoms with Gasteiger partial charge in [0.25, 0.3) is 0 Å². The first-order chi connectivity index (χ1) is 8.35. The van der Waals surface area contributed by atoms with Crippen LogP contribution in [0, 0.1) is 5.41 Å². The number of carboxylic acid groups (broad SMARTS) is 1. The second-order valence-electron chi connectivity index (χ2n) is 4.31. The van der Waals surface area contributed by atoms with E-state index in [1.165, 1.54) is 16.2 Å². The molecule has 1 unspecified atom stereocenters. The van der Waals surface area contributed by atoms with Crippen LogP contribution < -0.4 is 0 Å². The molecule has 100 valence electrons. The molecule has 1 aliphatic rings. The summed E-state index contributed by atoms with van der Waals surface area (Å²) in [7, 11) is 0. The van der Waals surface area contributed by atoms with E-state index >= 15 is 0 Å². The highest BCUT2D eigenvalue weighted by molar-refractivity contribution is 7.09. The molecule has 1 fully saturated rings. The number of carbonyl (C=O) groups is 1. The van der Waals surface area contributed by atoms with Gasteiger partial charge in [0.2, 0.25) is 0 Å². The molecule has 0 saturated carbocycles. The van der Waals surface area contributed by atoms with E-state index in [1.54, 1.807) is 11.7 Å². The Balaban J connectivity index is 2.12. The van der Waals surface area contributed by atoms with E-state index in [0.717, 1.165) is 4.88 Å². The molecule has 0 amide bonds. The van der Waals surface area contributed by atoms with E-state index < -0.39 is 30.5 Å². The van der Waals surface area contributed by atoms with Gasteiger partial charge >= 0.3 is 12.1 Å². The predicted molar refractivity (Wildman–Crippen MR) is 58.1 cm³/mol. The van der Waals surface area contributed by atoms with Crippen LogP contribution in [0.3, 0.4) is 0 Å². The van der Waals surface area contributed by atoms with Gasteiger partial charge in [-0.1, -0.05) is 0 Å². The third-order valence-electron chi connectivity index (χ3n) is 3.16. The Morgan fingerprint density at radius 1 is 1.61 bits per heavy atom. The van der Waals surface area contributed by atoms with E-state index in [4.69, 9.17) is 5.11 Å². The number of carboxylic acids is 1. The molecular formula is C10H11F3N2O2S. The van der Waals surface area contributed by atoms with Crippen LogP contribution >= 0.6 is 11.3 Å². The zero-order valence-electron chi connectivity index (χ0n) is 9.28. The molecule has 8 heteroatoms. The minimum Gasteiger partial charge on any atom is -0.481 e. The van der Waals surface area contributed by atoms with E-state index in [9.17, 15) is 18.0 Å². The van der Waals surface area contributed by atoms with Gasteiger partial charge in [0.15, 0.2) is 5.41 Å². The molecule has 0 aromatic carbocycles. The van der Waals surface area contributed by atoms with Crippen molar-refractivity contribution in [3.8, 4) is 0 Å². The normalized spacial score (nSPS) is 25.5. The molecule has 1 aliphatic heterocycles. The lowest BCUT2D eigenvalue weighted by Crippen LogP contribution is -2.47. The summed E-state index contributed by atoms with van der Waals surface area (Å²) in [5.74, 6) is -1.79. The molecule has 1 N–H and O–H groups in total. The average Bonchev–Trinajstić information content (AvgIpc) is 2.86. The Labute approximate surface area is 105 Å². The second kappa shape index (κ2) is 4.51. The van der Waals surface area contributed by atoms with Gasteiger partial charge in [0.1, 0.15) is 0 Å². The molecule has 2 heterocycles. The molecule has 0 radical (unpaired) electrons. The van der Waals surface area contributed by atoms with Crippen LogP contribution in [0.1, 0.15) is 11.3 Å². The summed E-state index contributed by atoms with van der Waals surface area (Å²) in [5, 5.41) is 8.89. The molecule has 1 atom stereocenters. The maximum atomic E-state index is 12.9. The summed E-state index contributed by atoms with van der Waals surface area (Å²) < 4.78 is 38.7. The van der Waals surface area contributed by atoms with E-state index in [2.05, 4.69) is 4.98 Å². The number of rotatable bonds is 3. The van der Waals surface area contributed by atoms with Crippen molar-refractivity contribution in [3.05, 3.63) is 16.6 Å². The fourth-order valence-electron chi connectivity index (χ4n) is 2.09. The molecule has 2 rings (SSSR count). The van der Waals surface area contributed by atoms with E-state index in [-0.39, 0.29) is 6.54 Å². The molecule has 18 heavy (non-hydrogen) atoms. The number of alkyl halides is 3. The van der Waals surface area contributed by atoms with Crippen molar-refractivity contribution in [2.24, 2.45) is 5.41 Å². The van der Waals surface area contributed by atoms with Crippen LogP contribution in [0.25, 0.3) is 0 Å². The van der Waals surface area contributed by atoms with Crippen molar-refractivity contribution >= 4 is 17.3 Å². The van der Waals surface area contributed by atoms with Crippen molar-refractivity contribution in [1.29, 1.82) is 0 Å². The maximum Gasteiger partial charge on any atom is 0.406 e. The van der Waals surface area contributed by atoms with Crippen LogP contribution in [0.4, 0.5) is 13.2 Å². The number of halogens is 3. The summed E-state index contributed by atoms with van der Waals surface area (Å²) >= 11 is 1.34. The van der Waals surface area contributed by atoms with Crippen LogP contribution in [0.2, 0.25) is 0 Å². The van der Waals surface area contributed by atoms with Crippen molar-refractivity contribution in [1.82, 2.24) is 9.88 Å². The number of likely N-dealkylation sites (tertiary alicyclic amines) is 1. The monoisotopic (exact) mass is 280 g/mol. The van der Waals surface area contributed by atoms with Crippen molar-refractivity contribution in [3.63, 3.8) is 0 Å². The maximum absolute atomic E-state index is 12.9. The molecule has 1 aromatic heterocycles. The quantitative estimate of drug-likeness (QED) is 0.920. The number of thiazole rings is 1. The number of aliphatic carboxylic acids is 1. The topological polar surface area (TPSA) is 53.4 Å². The first-order valence-corrected chi connectivity index (χ1v) is 6.13. The lowest BCUT2D eigenvalue weighted by Gasteiger charge is -2.27. The third-order valence-corrected chi connectivity index (χ3v) is 3.93. The van der Waals surface area contributed by atoms with Gasteiger partial charge < -0.3 is 5.11 Å². The Bertz CT molecular complexity index is 435. The first-order valence-electron chi connectivity index (χ1n) is 5.25. The highest BCUT2D eigenvalue weighted by Gasteiger charge is 2.63. The van der Waals surface area contributed by atoms with Gasteiger partial charge in [0, 0.05) is 30.7 Å². The van der Waals surface area contributed by atoms with Crippen molar-refractivity contribution in [2.45, 2.75) is 19.1 Å². The number of hydrogen-bond donors (Lipinski definition) is 1. The summed E-state index contributed by atoms with van der Waals surface area (Å²) in [6.45, 7) is -0.0524. The summed E-state index contributed by atoms with van der Waals surface area (Å²) in [5.41, 5.74) is -1.03. The van der Waals surface area contributed by atoms with Gasteiger partial charge in [0.05, 0.1) is 5.51 Å². The summed E-state index contributed by atoms with van der Waals surface area (Å²) in [6, 6.07) is 0. The van der Waals surface area contributed by atoms with Gasteiger partial charge in [-0.3, -0.25) is 14.7 Å². The van der Waals surface area contributed by atoms with Crippen LogP contribution in [-0.2, 0) is 11.3 Å².